The Bertz CT molecular complexity index is 570. The molecular formula is C14H14Cl2FNS. The van der Waals surface area contributed by atoms with Crippen molar-refractivity contribution in [2.45, 2.75) is 25.9 Å². The second-order valence-electron chi connectivity index (χ2n) is 4.44. The van der Waals surface area contributed by atoms with Crippen molar-refractivity contribution in [3.63, 3.8) is 0 Å². The smallest absolute Gasteiger partial charge is 0.123 e. The van der Waals surface area contributed by atoms with Crippen LogP contribution in [0.15, 0.2) is 30.3 Å². The third-order valence-corrected chi connectivity index (χ3v) is 4.52. The Balaban J connectivity index is 2.10. The summed E-state index contributed by atoms with van der Waals surface area (Å²) in [5.41, 5.74) is 1.88. The normalized spacial score (nSPS) is 14.4. The first kappa shape index (κ1) is 14.8. The molecular weight excluding hydrogens is 304 g/mol. The van der Waals surface area contributed by atoms with Crippen LogP contribution in [0.1, 0.15) is 37.1 Å². The summed E-state index contributed by atoms with van der Waals surface area (Å²) in [6.45, 7) is 4.01. The van der Waals surface area contributed by atoms with Crippen molar-refractivity contribution in [1.82, 2.24) is 5.32 Å². The maximum atomic E-state index is 13.2. The number of nitrogens with one attached hydrogen (secondary N) is 1. The van der Waals surface area contributed by atoms with Crippen LogP contribution in [0.2, 0.25) is 8.67 Å². The van der Waals surface area contributed by atoms with E-state index in [1.54, 1.807) is 6.07 Å². The monoisotopic (exact) mass is 317 g/mol. The van der Waals surface area contributed by atoms with E-state index in [2.05, 4.69) is 5.32 Å². The minimum absolute atomic E-state index is 0.0282. The first-order chi connectivity index (χ1) is 8.97. The highest BCUT2D eigenvalue weighted by Gasteiger charge is 2.16. The lowest BCUT2D eigenvalue weighted by Gasteiger charge is -2.20. The maximum Gasteiger partial charge on any atom is 0.123 e. The Labute approximate surface area is 126 Å². The standard InChI is InChI=1S/C14H14Cl2FNS/c1-8(10-4-3-5-11(17)6-10)18-9(2)12-7-13(15)19-14(12)16/h3-9,18H,1-2H3. The minimum atomic E-state index is -0.226. The van der Waals surface area contributed by atoms with Crippen molar-refractivity contribution in [3.05, 3.63) is 55.9 Å². The summed E-state index contributed by atoms with van der Waals surface area (Å²) in [6, 6.07) is 8.53. The van der Waals surface area contributed by atoms with Gasteiger partial charge in [-0.1, -0.05) is 35.3 Å². The van der Waals surface area contributed by atoms with Crippen LogP contribution in [-0.4, -0.2) is 0 Å². The van der Waals surface area contributed by atoms with E-state index < -0.39 is 0 Å². The zero-order chi connectivity index (χ0) is 14.0. The topological polar surface area (TPSA) is 12.0 Å². The summed E-state index contributed by atoms with van der Waals surface area (Å²) < 4.78 is 14.6. The van der Waals surface area contributed by atoms with E-state index in [0.717, 1.165) is 11.1 Å². The second-order valence-corrected chi connectivity index (χ2v) is 6.73. The third kappa shape index (κ3) is 3.69. The molecule has 0 saturated carbocycles. The summed E-state index contributed by atoms with van der Waals surface area (Å²) >= 11 is 13.4. The van der Waals surface area contributed by atoms with Crippen LogP contribution in [0, 0.1) is 5.82 Å². The van der Waals surface area contributed by atoms with Crippen LogP contribution in [0.3, 0.4) is 0 Å². The quantitative estimate of drug-likeness (QED) is 0.773. The molecule has 102 valence electrons. The molecule has 0 saturated heterocycles. The molecule has 2 aromatic rings. The Morgan fingerprint density at radius 2 is 1.89 bits per heavy atom. The first-order valence-corrected chi connectivity index (χ1v) is 7.51. The molecule has 0 bridgehead atoms. The van der Waals surface area contributed by atoms with Crippen molar-refractivity contribution in [2.24, 2.45) is 0 Å². The van der Waals surface area contributed by atoms with Crippen molar-refractivity contribution in [3.8, 4) is 0 Å². The van der Waals surface area contributed by atoms with Gasteiger partial charge in [-0.05, 0) is 43.2 Å². The molecule has 0 amide bonds. The fraction of sp³-hybridized carbons (Fsp3) is 0.286. The fourth-order valence-corrected chi connectivity index (χ4v) is 3.63. The Hall–Kier alpha value is -0.610. The van der Waals surface area contributed by atoms with Gasteiger partial charge in [0.15, 0.2) is 0 Å². The number of thiophene rings is 1. The van der Waals surface area contributed by atoms with Gasteiger partial charge >= 0.3 is 0 Å². The molecule has 19 heavy (non-hydrogen) atoms. The van der Waals surface area contributed by atoms with E-state index in [9.17, 15) is 4.39 Å². The lowest BCUT2D eigenvalue weighted by Crippen LogP contribution is -2.22. The van der Waals surface area contributed by atoms with E-state index in [4.69, 9.17) is 23.2 Å². The molecule has 1 N–H and O–H groups in total. The number of benzene rings is 1. The Morgan fingerprint density at radius 3 is 2.47 bits per heavy atom. The van der Waals surface area contributed by atoms with E-state index in [1.807, 2.05) is 26.0 Å². The van der Waals surface area contributed by atoms with E-state index in [-0.39, 0.29) is 17.9 Å². The molecule has 1 nitrogen and oxygen atoms in total. The molecule has 2 unspecified atom stereocenters. The van der Waals surface area contributed by atoms with Crippen LogP contribution in [0.5, 0.6) is 0 Å². The highest BCUT2D eigenvalue weighted by atomic mass is 35.5. The van der Waals surface area contributed by atoms with Gasteiger partial charge in [-0.25, -0.2) is 4.39 Å². The van der Waals surface area contributed by atoms with Crippen molar-refractivity contribution >= 4 is 34.5 Å². The molecule has 0 fully saturated rings. The van der Waals surface area contributed by atoms with Gasteiger partial charge in [-0.2, -0.15) is 0 Å². The largest absolute Gasteiger partial charge is 0.304 e. The van der Waals surface area contributed by atoms with Crippen molar-refractivity contribution in [1.29, 1.82) is 0 Å². The van der Waals surface area contributed by atoms with Gasteiger partial charge in [-0.3, -0.25) is 0 Å². The molecule has 0 aliphatic carbocycles. The molecule has 0 aliphatic rings. The molecule has 5 heteroatoms. The maximum absolute atomic E-state index is 13.2. The van der Waals surface area contributed by atoms with Gasteiger partial charge in [0, 0.05) is 12.1 Å². The van der Waals surface area contributed by atoms with Crippen LogP contribution in [-0.2, 0) is 0 Å². The van der Waals surface area contributed by atoms with E-state index in [0.29, 0.717) is 8.67 Å². The van der Waals surface area contributed by atoms with Gasteiger partial charge in [0.2, 0.25) is 0 Å². The molecule has 2 rings (SSSR count). The lowest BCUT2D eigenvalue weighted by atomic mass is 10.1. The fourth-order valence-electron chi connectivity index (χ4n) is 1.99. The Morgan fingerprint density at radius 1 is 1.16 bits per heavy atom. The van der Waals surface area contributed by atoms with Gasteiger partial charge in [-0.15, -0.1) is 11.3 Å². The highest BCUT2D eigenvalue weighted by Crippen LogP contribution is 2.35. The number of halogens is 3. The van der Waals surface area contributed by atoms with Crippen LogP contribution >= 0.6 is 34.5 Å². The molecule has 1 aromatic carbocycles. The predicted octanol–water partition coefficient (Wildman–Crippen LogP) is 5.61. The van der Waals surface area contributed by atoms with Crippen LogP contribution in [0.4, 0.5) is 4.39 Å². The predicted molar refractivity (Wildman–Crippen MR) is 80.7 cm³/mol. The third-order valence-electron chi connectivity index (χ3n) is 3.00. The van der Waals surface area contributed by atoms with Crippen molar-refractivity contribution < 1.29 is 4.39 Å². The highest BCUT2D eigenvalue weighted by molar-refractivity contribution is 7.20. The summed E-state index contributed by atoms with van der Waals surface area (Å²) in [4.78, 5) is 0. The Kier molecular flexibility index (Phi) is 4.85. The van der Waals surface area contributed by atoms with Gasteiger partial charge in [0.25, 0.3) is 0 Å². The molecule has 2 atom stereocenters. The van der Waals surface area contributed by atoms with Crippen LogP contribution < -0.4 is 5.32 Å². The summed E-state index contributed by atoms with van der Waals surface area (Å²) in [5.74, 6) is -0.226. The minimum Gasteiger partial charge on any atom is -0.304 e. The summed E-state index contributed by atoms with van der Waals surface area (Å²) in [7, 11) is 0. The van der Waals surface area contributed by atoms with E-state index >= 15 is 0 Å². The second kappa shape index (κ2) is 6.23. The van der Waals surface area contributed by atoms with Crippen LogP contribution in [0.25, 0.3) is 0 Å². The lowest BCUT2D eigenvalue weighted by molar-refractivity contribution is 0.493. The average Bonchev–Trinajstić information content (AvgIpc) is 2.68. The SMILES string of the molecule is CC(NC(C)c1cc(Cl)sc1Cl)c1cccc(F)c1. The van der Waals surface area contributed by atoms with E-state index in [1.165, 1.54) is 23.5 Å². The number of hydrogen-bond acceptors (Lipinski definition) is 2. The summed E-state index contributed by atoms with van der Waals surface area (Å²) in [5, 5.41) is 3.39. The number of rotatable bonds is 4. The molecule has 1 heterocycles. The zero-order valence-electron chi connectivity index (χ0n) is 10.6. The molecule has 0 radical (unpaired) electrons. The average molecular weight is 318 g/mol. The van der Waals surface area contributed by atoms with Crippen molar-refractivity contribution in [2.75, 3.05) is 0 Å². The molecule has 0 aliphatic heterocycles. The summed E-state index contributed by atoms with van der Waals surface area (Å²) in [6.07, 6.45) is 0. The van der Waals surface area contributed by atoms with Gasteiger partial charge < -0.3 is 5.32 Å². The van der Waals surface area contributed by atoms with Gasteiger partial charge in [0.05, 0.1) is 8.67 Å². The molecule has 0 spiro atoms. The van der Waals surface area contributed by atoms with Gasteiger partial charge in [0.1, 0.15) is 5.82 Å². The zero-order valence-corrected chi connectivity index (χ0v) is 12.9. The molecule has 1 aromatic heterocycles. The number of hydrogen-bond donors (Lipinski definition) is 1. The first-order valence-electron chi connectivity index (χ1n) is 5.93.